The summed E-state index contributed by atoms with van der Waals surface area (Å²) >= 11 is 0. The third kappa shape index (κ3) is 4.62. The molecule has 0 unspecified atom stereocenters. The Bertz CT molecular complexity index is 3030. The molecule has 268 valence electrons. The molecule has 0 saturated heterocycles. The van der Waals surface area contributed by atoms with Crippen LogP contribution in [0.1, 0.15) is 49.9 Å². The summed E-state index contributed by atoms with van der Waals surface area (Å²) in [4.78, 5) is 2.51. The van der Waals surface area contributed by atoms with E-state index in [4.69, 9.17) is 0 Å². The molecule has 9 aromatic rings. The van der Waals surface area contributed by atoms with E-state index in [0.717, 1.165) is 5.69 Å². The van der Waals surface area contributed by atoms with Crippen LogP contribution in [0, 0.1) is 0 Å². The van der Waals surface area contributed by atoms with Crippen molar-refractivity contribution in [3.05, 3.63) is 204 Å². The maximum atomic E-state index is 2.51. The topological polar surface area (TPSA) is 8.17 Å². The third-order valence-corrected chi connectivity index (χ3v) is 12.8. The minimum atomic E-state index is -0.114. The zero-order chi connectivity index (χ0) is 37.8. The molecule has 0 saturated carbocycles. The van der Waals surface area contributed by atoms with Crippen molar-refractivity contribution in [1.82, 2.24) is 4.57 Å². The van der Waals surface area contributed by atoms with Crippen molar-refractivity contribution < 1.29 is 0 Å². The molecule has 0 aliphatic heterocycles. The quantitative estimate of drug-likeness (QED) is 0.172. The molecule has 1 aromatic heterocycles. The van der Waals surface area contributed by atoms with Crippen LogP contribution in [0.4, 0.5) is 17.1 Å². The van der Waals surface area contributed by atoms with Crippen molar-refractivity contribution in [2.45, 2.75) is 38.5 Å². The summed E-state index contributed by atoms with van der Waals surface area (Å²) < 4.78 is 2.38. The van der Waals surface area contributed by atoms with E-state index < -0.39 is 0 Å². The Balaban J connectivity index is 1.12. The van der Waals surface area contributed by atoms with Gasteiger partial charge in [-0.25, -0.2) is 0 Å². The lowest BCUT2D eigenvalue weighted by Crippen LogP contribution is -2.17. The molecule has 0 bridgehead atoms. The highest BCUT2D eigenvalue weighted by molar-refractivity contribution is 6.10. The number of anilines is 3. The summed E-state index contributed by atoms with van der Waals surface area (Å²) in [5, 5.41) is 2.51. The molecule has 0 fully saturated rings. The Kier molecular flexibility index (Phi) is 6.98. The van der Waals surface area contributed by atoms with Crippen LogP contribution in [0.25, 0.3) is 60.9 Å². The maximum absolute atomic E-state index is 2.51. The summed E-state index contributed by atoms with van der Waals surface area (Å²) in [6, 6.07) is 67.5. The van der Waals surface area contributed by atoms with Crippen molar-refractivity contribution in [2.75, 3.05) is 4.90 Å². The van der Waals surface area contributed by atoms with Gasteiger partial charge in [-0.15, -0.1) is 0 Å². The zero-order valence-electron chi connectivity index (χ0n) is 32.2. The fraction of sp³-hybridized carbons (Fsp3) is 0.111. The van der Waals surface area contributed by atoms with E-state index in [1.807, 2.05) is 0 Å². The minimum Gasteiger partial charge on any atom is -0.310 e. The lowest BCUT2D eigenvalue weighted by Gasteiger charge is -2.30. The first-order chi connectivity index (χ1) is 27.3. The van der Waals surface area contributed by atoms with Gasteiger partial charge in [0, 0.05) is 44.2 Å². The lowest BCUT2D eigenvalue weighted by molar-refractivity contribution is 0.660. The van der Waals surface area contributed by atoms with E-state index in [9.17, 15) is 0 Å². The number of hydrogen-bond donors (Lipinski definition) is 0. The number of hydrogen-bond acceptors (Lipinski definition) is 1. The summed E-state index contributed by atoms with van der Waals surface area (Å²) in [5.74, 6) is 0. The summed E-state index contributed by atoms with van der Waals surface area (Å²) in [6.07, 6.45) is 0. The first-order valence-electron chi connectivity index (χ1n) is 19.8. The molecule has 0 spiro atoms. The number of nitrogens with zero attached hydrogens (tertiary/aromatic N) is 2. The smallest absolute Gasteiger partial charge is 0.0543 e. The van der Waals surface area contributed by atoms with E-state index >= 15 is 0 Å². The molecule has 8 aromatic carbocycles. The van der Waals surface area contributed by atoms with Crippen molar-refractivity contribution in [3.63, 3.8) is 0 Å². The predicted octanol–water partition coefficient (Wildman–Crippen LogP) is 14.5. The minimum absolute atomic E-state index is 0.106. The van der Waals surface area contributed by atoms with Crippen LogP contribution >= 0.6 is 0 Å². The number of para-hydroxylation sites is 2. The molecular formula is C54H42N2. The first kappa shape index (κ1) is 32.8. The van der Waals surface area contributed by atoms with Crippen LogP contribution in [-0.4, -0.2) is 4.57 Å². The van der Waals surface area contributed by atoms with Gasteiger partial charge >= 0.3 is 0 Å². The van der Waals surface area contributed by atoms with Gasteiger partial charge in [0.1, 0.15) is 0 Å². The second-order valence-corrected chi connectivity index (χ2v) is 16.6. The SMILES string of the molecule is CC1(C)c2ccccc2-c2ccc(N(c3cccc(-c4ccc5c(c4)c4ccccc4n5-c4ccccc4)c3)c3cccc4c3-c3ccccc3C4(C)C)cc21. The number of fused-ring (bicyclic) bond motifs is 9. The Morgan fingerprint density at radius 3 is 1.84 bits per heavy atom. The molecule has 0 atom stereocenters. The van der Waals surface area contributed by atoms with Gasteiger partial charge in [-0.3, -0.25) is 0 Å². The van der Waals surface area contributed by atoms with Gasteiger partial charge in [-0.2, -0.15) is 0 Å². The Labute approximate surface area is 328 Å². The maximum Gasteiger partial charge on any atom is 0.0543 e. The summed E-state index contributed by atoms with van der Waals surface area (Å²) in [7, 11) is 0. The second kappa shape index (κ2) is 11.9. The average Bonchev–Trinajstić information content (AvgIpc) is 3.78. The van der Waals surface area contributed by atoms with Crippen molar-refractivity contribution in [3.8, 4) is 39.1 Å². The number of benzene rings is 8. The highest BCUT2D eigenvalue weighted by Gasteiger charge is 2.39. The average molecular weight is 719 g/mol. The van der Waals surface area contributed by atoms with Crippen molar-refractivity contribution >= 4 is 38.9 Å². The molecule has 0 radical (unpaired) electrons. The van der Waals surface area contributed by atoms with E-state index in [0.29, 0.717) is 0 Å². The lowest BCUT2D eigenvalue weighted by atomic mass is 9.82. The summed E-state index contributed by atoms with van der Waals surface area (Å²) in [6.45, 7) is 9.48. The molecule has 2 aliphatic carbocycles. The first-order valence-corrected chi connectivity index (χ1v) is 19.8. The highest BCUT2D eigenvalue weighted by atomic mass is 15.1. The van der Waals surface area contributed by atoms with Crippen LogP contribution < -0.4 is 4.90 Å². The Morgan fingerprint density at radius 1 is 0.393 bits per heavy atom. The Morgan fingerprint density at radius 2 is 1.00 bits per heavy atom. The fourth-order valence-electron chi connectivity index (χ4n) is 10.0. The van der Waals surface area contributed by atoms with Gasteiger partial charge in [0.2, 0.25) is 0 Å². The van der Waals surface area contributed by atoms with E-state index in [2.05, 4.69) is 219 Å². The van der Waals surface area contributed by atoms with Gasteiger partial charge in [0.15, 0.2) is 0 Å². The van der Waals surface area contributed by atoms with Crippen LogP contribution in [0.2, 0.25) is 0 Å². The monoisotopic (exact) mass is 718 g/mol. The standard InChI is InChI=1S/C54H42N2/c1-53(2)46-24-12-9-22-43(46)52-47(53)25-15-27-51(52)55(39-29-30-41-40-20-8-11-23-45(40)54(3,4)48(41)34-39)38-19-14-16-35(32-38)36-28-31-50-44(33-36)42-21-10-13-26-49(42)56(50)37-17-6-5-7-18-37/h5-34H,1-4H3. The van der Waals surface area contributed by atoms with Crippen LogP contribution in [-0.2, 0) is 10.8 Å². The summed E-state index contributed by atoms with van der Waals surface area (Å²) in [5.41, 5.74) is 20.1. The molecular weight excluding hydrogens is 677 g/mol. The molecule has 1 heterocycles. The van der Waals surface area contributed by atoms with Crippen molar-refractivity contribution in [2.24, 2.45) is 0 Å². The molecule has 2 nitrogen and oxygen atoms in total. The second-order valence-electron chi connectivity index (χ2n) is 16.6. The van der Waals surface area contributed by atoms with Gasteiger partial charge in [-0.1, -0.05) is 149 Å². The number of aromatic nitrogens is 1. The molecule has 56 heavy (non-hydrogen) atoms. The van der Waals surface area contributed by atoms with Gasteiger partial charge in [0.25, 0.3) is 0 Å². The highest BCUT2D eigenvalue weighted by Crippen LogP contribution is 2.56. The molecule has 0 amide bonds. The van der Waals surface area contributed by atoms with Gasteiger partial charge < -0.3 is 9.47 Å². The van der Waals surface area contributed by atoms with Crippen molar-refractivity contribution in [1.29, 1.82) is 0 Å². The fourth-order valence-corrected chi connectivity index (χ4v) is 10.0. The normalized spacial score (nSPS) is 14.4. The Hall–Kier alpha value is -6.64. The zero-order valence-corrected chi connectivity index (χ0v) is 32.2. The molecule has 2 aliphatic rings. The molecule has 11 rings (SSSR count). The molecule has 2 heteroatoms. The van der Waals surface area contributed by atoms with Crippen LogP contribution in [0.15, 0.2) is 182 Å². The third-order valence-electron chi connectivity index (χ3n) is 12.8. The van der Waals surface area contributed by atoms with E-state index in [-0.39, 0.29) is 10.8 Å². The predicted molar refractivity (Wildman–Crippen MR) is 236 cm³/mol. The van der Waals surface area contributed by atoms with E-state index in [1.54, 1.807) is 0 Å². The van der Waals surface area contributed by atoms with Crippen LogP contribution in [0.5, 0.6) is 0 Å². The van der Waals surface area contributed by atoms with E-state index in [1.165, 1.54) is 94.5 Å². The number of rotatable bonds is 5. The molecule has 0 N–H and O–H groups in total. The largest absolute Gasteiger partial charge is 0.310 e. The van der Waals surface area contributed by atoms with Gasteiger partial charge in [-0.05, 0) is 111 Å². The van der Waals surface area contributed by atoms with Gasteiger partial charge in [0.05, 0.1) is 16.7 Å². The van der Waals surface area contributed by atoms with Crippen LogP contribution in [0.3, 0.4) is 0 Å².